The molecule has 0 amide bonds. The summed E-state index contributed by atoms with van der Waals surface area (Å²) in [4.78, 5) is 26.3. The zero-order valence-electron chi connectivity index (χ0n) is 12.7. The molecule has 0 bridgehead atoms. The van der Waals surface area contributed by atoms with E-state index < -0.39 is 5.97 Å². The lowest BCUT2D eigenvalue weighted by Crippen LogP contribution is -2.31. The van der Waals surface area contributed by atoms with Crippen LogP contribution < -0.4 is 4.90 Å². The predicted octanol–water partition coefficient (Wildman–Crippen LogP) is 1.52. The fourth-order valence-corrected chi connectivity index (χ4v) is 2.74. The molecule has 0 spiro atoms. The molecule has 1 aliphatic rings. The van der Waals surface area contributed by atoms with Crippen molar-refractivity contribution in [2.75, 3.05) is 11.4 Å². The third kappa shape index (κ3) is 2.58. The summed E-state index contributed by atoms with van der Waals surface area (Å²) in [6.07, 6.45) is 5.82. The third-order valence-electron chi connectivity index (χ3n) is 4.00. The van der Waals surface area contributed by atoms with Crippen molar-refractivity contribution in [2.45, 2.75) is 13.0 Å². The maximum atomic E-state index is 11.1. The minimum atomic E-state index is -0.989. The van der Waals surface area contributed by atoms with Gasteiger partial charge in [-0.15, -0.1) is 0 Å². The van der Waals surface area contributed by atoms with Gasteiger partial charge in [0, 0.05) is 43.2 Å². The second-order valence-electron chi connectivity index (χ2n) is 5.52. The summed E-state index contributed by atoms with van der Waals surface area (Å²) in [6.45, 7) is 1.49. The van der Waals surface area contributed by atoms with Crippen molar-refractivity contribution in [3.05, 3.63) is 53.6 Å². The first-order valence-electron chi connectivity index (χ1n) is 7.49. The highest BCUT2D eigenvalue weighted by molar-refractivity contribution is 5.88. The number of aromatic amines is 1. The molecule has 0 aromatic carbocycles. The first-order chi connectivity index (χ1) is 11.7. The molecule has 120 valence electrons. The summed E-state index contributed by atoms with van der Waals surface area (Å²) in [7, 11) is 0. The minimum absolute atomic E-state index is 0.182. The van der Waals surface area contributed by atoms with E-state index in [4.69, 9.17) is 5.11 Å². The number of nitrogens with one attached hydrogen (secondary N) is 1. The van der Waals surface area contributed by atoms with E-state index in [-0.39, 0.29) is 5.56 Å². The van der Waals surface area contributed by atoms with Crippen molar-refractivity contribution >= 4 is 11.9 Å². The number of fused-ring (bicyclic) bond motifs is 1. The van der Waals surface area contributed by atoms with Crippen LogP contribution in [0.15, 0.2) is 36.8 Å². The van der Waals surface area contributed by atoms with E-state index in [1.807, 2.05) is 6.20 Å². The Hall–Kier alpha value is -3.29. The number of nitrogens with zero attached hydrogens (tertiary/aromatic N) is 5. The fourth-order valence-electron chi connectivity index (χ4n) is 2.74. The summed E-state index contributed by atoms with van der Waals surface area (Å²) >= 11 is 0. The summed E-state index contributed by atoms with van der Waals surface area (Å²) in [5, 5.41) is 16.2. The number of H-pyrrole nitrogens is 1. The van der Waals surface area contributed by atoms with Crippen LogP contribution in [0, 0.1) is 0 Å². The zero-order valence-corrected chi connectivity index (χ0v) is 12.7. The molecular formula is C16H14N6O2. The number of carboxylic acid groups (broad SMARTS) is 1. The van der Waals surface area contributed by atoms with Crippen molar-refractivity contribution in [1.82, 2.24) is 25.1 Å². The number of pyridine rings is 1. The van der Waals surface area contributed by atoms with Crippen molar-refractivity contribution in [3.63, 3.8) is 0 Å². The van der Waals surface area contributed by atoms with Gasteiger partial charge in [0.15, 0.2) is 0 Å². The lowest BCUT2D eigenvalue weighted by atomic mass is 10.1. The van der Waals surface area contributed by atoms with E-state index >= 15 is 0 Å². The topological polar surface area (TPSA) is 108 Å². The first-order valence-corrected chi connectivity index (χ1v) is 7.49. The van der Waals surface area contributed by atoms with E-state index in [0.29, 0.717) is 23.9 Å². The van der Waals surface area contributed by atoms with Crippen molar-refractivity contribution in [3.8, 4) is 11.4 Å². The van der Waals surface area contributed by atoms with E-state index in [1.54, 1.807) is 12.3 Å². The molecule has 0 saturated carbocycles. The van der Waals surface area contributed by atoms with Crippen LogP contribution in [-0.4, -0.2) is 42.8 Å². The van der Waals surface area contributed by atoms with Gasteiger partial charge in [0.2, 0.25) is 5.95 Å². The van der Waals surface area contributed by atoms with Crippen LogP contribution in [0.5, 0.6) is 0 Å². The van der Waals surface area contributed by atoms with Gasteiger partial charge in [-0.3, -0.25) is 10.1 Å². The van der Waals surface area contributed by atoms with Gasteiger partial charge < -0.3 is 10.0 Å². The van der Waals surface area contributed by atoms with Gasteiger partial charge >= 0.3 is 5.97 Å². The summed E-state index contributed by atoms with van der Waals surface area (Å²) in [5.41, 5.74) is 3.58. The smallest absolute Gasteiger partial charge is 0.335 e. The number of anilines is 1. The molecule has 24 heavy (non-hydrogen) atoms. The molecular weight excluding hydrogens is 308 g/mol. The van der Waals surface area contributed by atoms with Gasteiger partial charge in [-0.2, -0.15) is 5.10 Å². The average Bonchev–Trinajstić information content (AvgIpc) is 3.09. The van der Waals surface area contributed by atoms with Crippen molar-refractivity contribution < 1.29 is 9.90 Å². The monoisotopic (exact) mass is 322 g/mol. The summed E-state index contributed by atoms with van der Waals surface area (Å²) in [5.74, 6) is -0.390. The Labute approximate surface area is 137 Å². The Bertz CT molecular complexity index is 907. The van der Waals surface area contributed by atoms with E-state index in [9.17, 15) is 4.79 Å². The van der Waals surface area contributed by atoms with Gasteiger partial charge in [-0.25, -0.2) is 14.8 Å². The van der Waals surface area contributed by atoms with Crippen LogP contribution in [0.4, 0.5) is 5.95 Å². The highest BCUT2D eigenvalue weighted by Gasteiger charge is 2.20. The molecule has 0 aliphatic carbocycles. The number of aromatic nitrogens is 5. The summed E-state index contributed by atoms with van der Waals surface area (Å²) in [6, 6.07) is 4.70. The number of hydrogen-bond donors (Lipinski definition) is 2. The molecule has 0 unspecified atom stereocenters. The van der Waals surface area contributed by atoms with Crippen LogP contribution in [0.1, 0.15) is 21.6 Å². The molecule has 3 aromatic heterocycles. The predicted molar refractivity (Wildman–Crippen MR) is 85.6 cm³/mol. The van der Waals surface area contributed by atoms with Crippen LogP contribution >= 0.6 is 0 Å². The third-order valence-corrected chi connectivity index (χ3v) is 4.00. The quantitative estimate of drug-likeness (QED) is 0.752. The zero-order chi connectivity index (χ0) is 16.5. The fraction of sp³-hybridized carbons (Fsp3) is 0.188. The molecule has 3 aromatic rings. The van der Waals surface area contributed by atoms with Gasteiger partial charge in [-0.1, -0.05) is 0 Å². The molecule has 0 fully saturated rings. The Morgan fingerprint density at radius 3 is 2.96 bits per heavy atom. The van der Waals surface area contributed by atoms with Gasteiger partial charge in [-0.05, 0) is 18.2 Å². The lowest BCUT2D eigenvalue weighted by molar-refractivity contribution is 0.0697. The second kappa shape index (κ2) is 5.73. The number of aromatic carboxylic acids is 1. The molecule has 1 aliphatic heterocycles. The van der Waals surface area contributed by atoms with Gasteiger partial charge in [0.05, 0.1) is 23.1 Å². The standard InChI is InChI=1S/C16H14N6O2/c23-15(24)10-1-4-17-14(7-10)13-2-5-18-16(20-13)22-6-3-12-11(9-22)8-19-21-12/h1-2,4-5,7-8H,3,6,9H2,(H,19,21)(H,23,24). The molecule has 8 heteroatoms. The van der Waals surface area contributed by atoms with Crippen LogP contribution in [-0.2, 0) is 13.0 Å². The Morgan fingerprint density at radius 1 is 1.21 bits per heavy atom. The Kier molecular flexibility index (Phi) is 3.42. The van der Waals surface area contributed by atoms with Crippen LogP contribution in [0.2, 0.25) is 0 Å². The minimum Gasteiger partial charge on any atom is -0.478 e. The largest absolute Gasteiger partial charge is 0.478 e. The second-order valence-corrected chi connectivity index (χ2v) is 5.52. The van der Waals surface area contributed by atoms with Gasteiger partial charge in [0.25, 0.3) is 0 Å². The highest BCUT2D eigenvalue weighted by Crippen LogP contribution is 2.22. The molecule has 4 heterocycles. The SMILES string of the molecule is O=C(O)c1ccnc(-c2ccnc(N3CCc4[nH]ncc4C3)n2)c1. The molecule has 8 nitrogen and oxygen atoms in total. The molecule has 0 atom stereocenters. The number of rotatable bonds is 3. The van der Waals surface area contributed by atoms with E-state index in [1.165, 1.54) is 18.3 Å². The van der Waals surface area contributed by atoms with Gasteiger partial charge in [0.1, 0.15) is 0 Å². The molecule has 0 radical (unpaired) electrons. The Balaban J connectivity index is 1.65. The molecule has 4 rings (SSSR count). The maximum absolute atomic E-state index is 11.1. The van der Waals surface area contributed by atoms with E-state index in [2.05, 4.69) is 30.0 Å². The van der Waals surface area contributed by atoms with Crippen LogP contribution in [0.25, 0.3) is 11.4 Å². The number of carbonyl (C=O) groups is 1. The molecule has 2 N–H and O–H groups in total. The average molecular weight is 322 g/mol. The Morgan fingerprint density at radius 2 is 2.08 bits per heavy atom. The first kappa shape index (κ1) is 14.3. The van der Waals surface area contributed by atoms with Crippen LogP contribution in [0.3, 0.4) is 0 Å². The lowest BCUT2D eigenvalue weighted by Gasteiger charge is -2.26. The summed E-state index contributed by atoms with van der Waals surface area (Å²) < 4.78 is 0. The maximum Gasteiger partial charge on any atom is 0.335 e. The van der Waals surface area contributed by atoms with Crippen molar-refractivity contribution in [2.24, 2.45) is 0 Å². The number of carboxylic acids is 1. The normalized spacial score (nSPS) is 13.6. The molecule has 0 saturated heterocycles. The van der Waals surface area contributed by atoms with E-state index in [0.717, 1.165) is 24.2 Å². The highest BCUT2D eigenvalue weighted by atomic mass is 16.4. The van der Waals surface area contributed by atoms with Crippen molar-refractivity contribution in [1.29, 1.82) is 0 Å². The number of hydrogen-bond acceptors (Lipinski definition) is 6.